The third-order valence-electron chi connectivity index (χ3n) is 6.55. The molecule has 0 spiro atoms. The minimum Gasteiger partial charge on any atom is -0.339 e. The van der Waals surface area contributed by atoms with Crippen LogP contribution in [0.1, 0.15) is 67.7 Å². The Balaban J connectivity index is 1.92. The molecule has 1 unspecified atom stereocenters. The molecule has 1 aromatic carbocycles. The molecule has 0 N–H and O–H groups in total. The van der Waals surface area contributed by atoms with Crippen LogP contribution >= 0.6 is 0 Å². The third kappa shape index (κ3) is 4.73. The molecular weight excluding hydrogens is 448 g/mol. The van der Waals surface area contributed by atoms with Gasteiger partial charge in [0.25, 0.3) is 5.91 Å². The zero-order valence-electron chi connectivity index (χ0n) is 20.5. The van der Waals surface area contributed by atoms with Gasteiger partial charge in [0.1, 0.15) is 0 Å². The largest absolute Gasteiger partial charge is 0.339 e. The number of aromatic nitrogens is 3. The Bertz CT molecular complexity index is 1290. The molecule has 3 aromatic rings. The minimum atomic E-state index is -3.09. The van der Waals surface area contributed by atoms with Gasteiger partial charge in [-0.2, -0.15) is 5.10 Å². The van der Waals surface area contributed by atoms with E-state index in [-0.39, 0.29) is 23.5 Å². The lowest BCUT2D eigenvalue weighted by Crippen LogP contribution is -2.32. The smallest absolute Gasteiger partial charge is 0.254 e. The zero-order valence-corrected chi connectivity index (χ0v) is 21.4. The average Bonchev–Trinajstić information content (AvgIpc) is 3.36. The van der Waals surface area contributed by atoms with E-state index < -0.39 is 9.84 Å². The van der Waals surface area contributed by atoms with Crippen molar-refractivity contribution in [2.24, 2.45) is 0 Å². The number of sulfone groups is 1. The van der Waals surface area contributed by atoms with E-state index in [1.807, 2.05) is 30.0 Å². The molecule has 1 fully saturated rings. The van der Waals surface area contributed by atoms with E-state index in [4.69, 9.17) is 10.1 Å². The van der Waals surface area contributed by atoms with Crippen LogP contribution in [-0.2, 0) is 16.3 Å². The summed E-state index contributed by atoms with van der Waals surface area (Å²) >= 11 is 0. The fourth-order valence-corrected chi connectivity index (χ4v) is 6.48. The van der Waals surface area contributed by atoms with Gasteiger partial charge < -0.3 is 4.90 Å². The van der Waals surface area contributed by atoms with Gasteiger partial charge in [0.05, 0.1) is 39.9 Å². The van der Waals surface area contributed by atoms with E-state index in [2.05, 4.69) is 32.9 Å². The molecule has 1 aliphatic heterocycles. The number of aryl methyl sites for hydroxylation is 2. The van der Waals surface area contributed by atoms with Crippen molar-refractivity contribution in [2.75, 3.05) is 24.6 Å². The number of hydrogen-bond acceptors (Lipinski definition) is 5. The lowest BCUT2D eigenvalue weighted by Gasteiger charge is -2.22. The molecule has 1 atom stereocenters. The van der Waals surface area contributed by atoms with Crippen molar-refractivity contribution in [3.63, 3.8) is 0 Å². The van der Waals surface area contributed by atoms with Crippen LogP contribution in [0, 0.1) is 6.92 Å². The molecule has 4 rings (SSSR count). The Morgan fingerprint density at radius 3 is 2.35 bits per heavy atom. The normalized spacial score (nSPS) is 17.4. The van der Waals surface area contributed by atoms with Crippen LogP contribution in [0.3, 0.4) is 0 Å². The predicted octanol–water partition coefficient (Wildman–Crippen LogP) is 4.59. The Hall–Kier alpha value is -2.74. The van der Waals surface area contributed by atoms with Gasteiger partial charge in [0, 0.05) is 18.7 Å². The highest BCUT2D eigenvalue weighted by Gasteiger charge is 2.33. The first-order valence-corrected chi connectivity index (χ1v) is 14.1. The second kappa shape index (κ2) is 9.86. The van der Waals surface area contributed by atoms with Gasteiger partial charge in [-0.3, -0.25) is 4.79 Å². The molecule has 0 bridgehead atoms. The predicted molar refractivity (Wildman–Crippen MR) is 136 cm³/mol. The molecule has 7 nitrogen and oxygen atoms in total. The second-order valence-corrected chi connectivity index (χ2v) is 11.4. The summed E-state index contributed by atoms with van der Waals surface area (Å²) in [5.74, 6) is 0.189. The number of nitrogens with zero attached hydrogens (tertiary/aromatic N) is 4. The van der Waals surface area contributed by atoms with Crippen molar-refractivity contribution in [3.05, 3.63) is 47.2 Å². The molecule has 1 saturated heterocycles. The van der Waals surface area contributed by atoms with Gasteiger partial charge in [-0.05, 0) is 44.2 Å². The van der Waals surface area contributed by atoms with E-state index in [1.54, 1.807) is 4.68 Å². The van der Waals surface area contributed by atoms with Crippen LogP contribution < -0.4 is 0 Å². The van der Waals surface area contributed by atoms with Crippen molar-refractivity contribution in [3.8, 4) is 11.3 Å². The highest BCUT2D eigenvalue weighted by molar-refractivity contribution is 7.91. The van der Waals surface area contributed by atoms with E-state index in [0.29, 0.717) is 42.1 Å². The van der Waals surface area contributed by atoms with Crippen molar-refractivity contribution >= 4 is 26.8 Å². The average molecular weight is 483 g/mol. The lowest BCUT2D eigenvalue weighted by atomic mass is 10.0. The van der Waals surface area contributed by atoms with Gasteiger partial charge in [-0.15, -0.1) is 0 Å². The Kier molecular flexibility index (Phi) is 7.07. The van der Waals surface area contributed by atoms with Crippen LogP contribution in [0.15, 0.2) is 30.3 Å². The van der Waals surface area contributed by atoms with Crippen molar-refractivity contribution < 1.29 is 13.2 Å². The molecule has 1 amide bonds. The molecule has 0 aliphatic carbocycles. The summed E-state index contributed by atoms with van der Waals surface area (Å²) in [6, 6.07) is 9.84. The first-order valence-electron chi connectivity index (χ1n) is 12.3. The van der Waals surface area contributed by atoms with Gasteiger partial charge in [-0.25, -0.2) is 18.1 Å². The number of pyridine rings is 1. The van der Waals surface area contributed by atoms with Crippen LogP contribution in [0.5, 0.6) is 0 Å². The van der Waals surface area contributed by atoms with E-state index in [0.717, 1.165) is 30.2 Å². The highest BCUT2D eigenvalue weighted by Crippen LogP contribution is 2.32. The summed E-state index contributed by atoms with van der Waals surface area (Å²) < 4.78 is 26.1. The van der Waals surface area contributed by atoms with Gasteiger partial charge >= 0.3 is 0 Å². The van der Waals surface area contributed by atoms with Crippen LogP contribution in [0.2, 0.25) is 0 Å². The van der Waals surface area contributed by atoms with Gasteiger partial charge in [0.2, 0.25) is 0 Å². The fraction of sp³-hybridized carbons (Fsp3) is 0.500. The zero-order chi connectivity index (χ0) is 24.5. The summed E-state index contributed by atoms with van der Waals surface area (Å²) in [5.41, 5.74) is 4.74. The molecule has 34 heavy (non-hydrogen) atoms. The quantitative estimate of drug-likeness (QED) is 0.469. The van der Waals surface area contributed by atoms with Crippen molar-refractivity contribution in [1.29, 1.82) is 0 Å². The fourth-order valence-electron chi connectivity index (χ4n) is 4.79. The first kappa shape index (κ1) is 24.4. The second-order valence-electron chi connectivity index (χ2n) is 9.18. The van der Waals surface area contributed by atoms with E-state index in [9.17, 15) is 13.2 Å². The molecule has 8 heteroatoms. The Morgan fingerprint density at radius 1 is 1.12 bits per heavy atom. The number of carbonyl (C=O) groups excluding carboxylic acids is 1. The molecule has 0 saturated carbocycles. The Morgan fingerprint density at radius 2 is 1.79 bits per heavy atom. The number of fused-ring (bicyclic) bond motifs is 1. The summed E-state index contributed by atoms with van der Waals surface area (Å²) in [6.45, 7) is 9.50. The third-order valence-corrected chi connectivity index (χ3v) is 8.30. The number of hydrogen-bond donors (Lipinski definition) is 0. The molecule has 1 aliphatic rings. The maximum Gasteiger partial charge on any atom is 0.254 e. The number of rotatable bonds is 8. The topological polar surface area (TPSA) is 85.2 Å². The van der Waals surface area contributed by atoms with Crippen LogP contribution in [0.4, 0.5) is 0 Å². The molecule has 182 valence electrons. The van der Waals surface area contributed by atoms with Crippen molar-refractivity contribution in [2.45, 2.75) is 59.4 Å². The van der Waals surface area contributed by atoms with E-state index >= 15 is 0 Å². The molecule has 0 radical (unpaired) electrons. The molecule has 3 heterocycles. The Labute approximate surface area is 202 Å². The highest BCUT2D eigenvalue weighted by atomic mass is 32.2. The molecular formula is C26H34N4O3S. The van der Waals surface area contributed by atoms with Crippen molar-refractivity contribution in [1.82, 2.24) is 19.7 Å². The van der Waals surface area contributed by atoms with Crippen LogP contribution in [-0.4, -0.2) is 58.6 Å². The standard InChI is InChI=1S/C26H34N4O3S/c1-5-13-29(14-6-2)26(31)22-16-23(20-10-8-19(7-3)9-11-20)27-25-24(22)18(4)28-30(25)21-12-15-34(32,33)17-21/h8-11,16,21H,5-7,12-15,17H2,1-4H3. The molecule has 2 aromatic heterocycles. The summed E-state index contributed by atoms with van der Waals surface area (Å²) in [6.07, 6.45) is 3.21. The lowest BCUT2D eigenvalue weighted by molar-refractivity contribution is 0.0757. The summed E-state index contributed by atoms with van der Waals surface area (Å²) in [5, 5.41) is 5.44. The summed E-state index contributed by atoms with van der Waals surface area (Å²) in [4.78, 5) is 20.6. The maximum atomic E-state index is 13.8. The van der Waals surface area contributed by atoms with E-state index in [1.165, 1.54) is 5.56 Å². The number of benzene rings is 1. The van der Waals surface area contributed by atoms with Gasteiger partial charge in [0.15, 0.2) is 15.5 Å². The van der Waals surface area contributed by atoms with Crippen LogP contribution in [0.25, 0.3) is 22.3 Å². The summed E-state index contributed by atoms with van der Waals surface area (Å²) in [7, 11) is -3.09. The monoisotopic (exact) mass is 482 g/mol. The number of amides is 1. The minimum absolute atomic E-state index is 0.0239. The number of carbonyl (C=O) groups is 1. The maximum absolute atomic E-state index is 13.8. The van der Waals surface area contributed by atoms with Gasteiger partial charge in [-0.1, -0.05) is 45.0 Å². The first-order chi connectivity index (χ1) is 16.3. The SMILES string of the molecule is CCCN(CCC)C(=O)c1cc(-c2ccc(CC)cc2)nc2c1c(C)nn2C1CCS(=O)(=O)C1.